The van der Waals surface area contributed by atoms with Crippen molar-refractivity contribution < 1.29 is 4.79 Å². The van der Waals surface area contributed by atoms with Crippen LogP contribution in [0.3, 0.4) is 0 Å². The lowest BCUT2D eigenvalue weighted by Crippen LogP contribution is -2.18. The minimum atomic E-state index is -0.251. The zero-order valence-corrected chi connectivity index (χ0v) is 14.8. The predicted octanol–water partition coefficient (Wildman–Crippen LogP) is 4.51. The number of halogens is 1. The van der Waals surface area contributed by atoms with Crippen molar-refractivity contribution in [3.8, 4) is 5.69 Å². The van der Waals surface area contributed by atoms with Crippen molar-refractivity contribution in [2.45, 2.75) is 13.8 Å². The van der Waals surface area contributed by atoms with Gasteiger partial charge in [0.15, 0.2) is 0 Å². The monoisotopic (exact) mass is 351 g/mol. The van der Waals surface area contributed by atoms with E-state index in [4.69, 9.17) is 11.6 Å². The highest BCUT2D eigenvalue weighted by molar-refractivity contribution is 6.33. The van der Waals surface area contributed by atoms with E-state index in [0.29, 0.717) is 10.6 Å². The lowest BCUT2D eigenvalue weighted by atomic mass is 10.2. The van der Waals surface area contributed by atoms with Gasteiger partial charge in [0.2, 0.25) is 0 Å². The highest BCUT2D eigenvalue weighted by Crippen LogP contribution is 2.20. The summed E-state index contributed by atoms with van der Waals surface area (Å²) in [6.07, 6.45) is 1.54. The van der Waals surface area contributed by atoms with Crippen LogP contribution in [-0.4, -0.2) is 16.7 Å². The molecule has 0 aliphatic carbocycles. The van der Waals surface area contributed by atoms with Crippen molar-refractivity contribution in [1.29, 1.82) is 0 Å². The standard InChI is InChI=1S/C20H18ClN3O/c1-14-12-18(15(2)24(14)17-9-4-3-5-10-17)20(25)23-22-13-16-8-6-7-11-19(16)21/h3-13H,1-2H3,(H,23,25)/b22-13-. The van der Waals surface area contributed by atoms with Crippen LogP contribution in [0.1, 0.15) is 27.3 Å². The molecule has 0 fully saturated rings. The van der Waals surface area contributed by atoms with Gasteiger partial charge in [0.25, 0.3) is 5.91 Å². The SMILES string of the molecule is Cc1cc(C(=O)N/N=C\c2ccccc2Cl)c(C)n1-c1ccccc1. The molecule has 25 heavy (non-hydrogen) atoms. The molecule has 0 unspecified atom stereocenters. The number of benzene rings is 2. The minimum absolute atomic E-state index is 0.251. The molecule has 0 bridgehead atoms. The maximum atomic E-state index is 12.5. The average molecular weight is 352 g/mol. The second kappa shape index (κ2) is 7.36. The van der Waals surface area contributed by atoms with Gasteiger partial charge in [-0.05, 0) is 38.1 Å². The second-order valence-corrected chi connectivity index (χ2v) is 6.08. The number of carbonyl (C=O) groups is 1. The number of aromatic nitrogens is 1. The fraction of sp³-hybridized carbons (Fsp3) is 0.100. The van der Waals surface area contributed by atoms with Gasteiger partial charge >= 0.3 is 0 Å². The van der Waals surface area contributed by atoms with E-state index in [1.807, 2.05) is 73.0 Å². The lowest BCUT2D eigenvalue weighted by Gasteiger charge is -2.09. The van der Waals surface area contributed by atoms with Crippen LogP contribution in [0.2, 0.25) is 5.02 Å². The van der Waals surface area contributed by atoms with E-state index in [9.17, 15) is 4.79 Å². The first-order valence-corrected chi connectivity index (χ1v) is 8.28. The number of hydrogen-bond donors (Lipinski definition) is 1. The number of rotatable bonds is 4. The molecule has 1 amide bonds. The van der Waals surface area contributed by atoms with E-state index < -0.39 is 0 Å². The smallest absolute Gasteiger partial charge is 0.273 e. The fourth-order valence-corrected chi connectivity index (χ4v) is 2.95. The number of aryl methyl sites for hydroxylation is 1. The van der Waals surface area contributed by atoms with E-state index in [1.165, 1.54) is 6.21 Å². The summed E-state index contributed by atoms with van der Waals surface area (Å²) in [5.41, 5.74) is 6.79. The number of para-hydroxylation sites is 1. The van der Waals surface area contributed by atoms with Gasteiger partial charge in [0.1, 0.15) is 0 Å². The number of nitrogens with one attached hydrogen (secondary N) is 1. The fourth-order valence-electron chi connectivity index (χ4n) is 2.77. The van der Waals surface area contributed by atoms with E-state index in [0.717, 1.165) is 22.6 Å². The third-order valence-electron chi connectivity index (χ3n) is 3.97. The Morgan fingerprint density at radius 2 is 1.76 bits per heavy atom. The Balaban J connectivity index is 1.81. The summed E-state index contributed by atoms with van der Waals surface area (Å²) in [6.45, 7) is 3.90. The van der Waals surface area contributed by atoms with Crippen molar-refractivity contribution in [2.75, 3.05) is 0 Å². The Morgan fingerprint density at radius 3 is 2.48 bits per heavy atom. The highest BCUT2D eigenvalue weighted by Gasteiger charge is 2.16. The first-order valence-electron chi connectivity index (χ1n) is 7.90. The van der Waals surface area contributed by atoms with Gasteiger partial charge in [-0.3, -0.25) is 4.79 Å². The Hall–Kier alpha value is -2.85. The van der Waals surface area contributed by atoms with Gasteiger partial charge in [0.05, 0.1) is 11.8 Å². The van der Waals surface area contributed by atoms with Gasteiger partial charge in [-0.1, -0.05) is 48.0 Å². The van der Waals surface area contributed by atoms with Gasteiger partial charge in [-0.25, -0.2) is 5.43 Å². The van der Waals surface area contributed by atoms with Crippen molar-refractivity contribution in [3.05, 3.63) is 88.2 Å². The molecular formula is C20H18ClN3O. The molecule has 3 rings (SSSR count). The molecule has 1 aromatic heterocycles. The molecule has 1 N–H and O–H groups in total. The van der Waals surface area contributed by atoms with E-state index in [-0.39, 0.29) is 5.91 Å². The van der Waals surface area contributed by atoms with Crippen LogP contribution >= 0.6 is 11.6 Å². The summed E-state index contributed by atoms with van der Waals surface area (Å²) >= 11 is 6.07. The molecule has 0 saturated heterocycles. The first kappa shape index (κ1) is 17.0. The van der Waals surface area contributed by atoms with Crippen molar-refractivity contribution in [2.24, 2.45) is 5.10 Å². The molecular weight excluding hydrogens is 334 g/mol. The second-order valence-electron chi connectivity index (χ2n) is 5.68. The zero-order chi connectivity index (χ0) is 17.8. The summed E-state index contributed by atoms with van der Waals surface area (Å²) in [7, 11) is 0. The van der Waals surface area contributed by atoms with Crippen LogP contribution < -0.4 is 5.43 Å². The Bertz CT molecular complexity index is 929. The summed E-state index contributed by atoms with van der Waals surface area (Å²) in [5.74, 6) is -0.251. The largest absolute Gasteiger partial charge is 0.318 e. The Morgan fingerprint density at radius 1 is 1.08 bits per heavy atom. The van der Waals surface area contributed by atoms with Crippen LogP contribution in [0.5, 0.6) is 0 Å². The predicted molar refractivity (Wildman–Crippen MR) is 102 cm³/mol. The molecule has 2 aromatic carbocycles. The molecule has 1 heterocycles. The Labute approximate surface area is 151 Å². The van der Waals surface area contributed by atoms with Crippen LogP contribution in [0.25, 0.3) is 5.69 Å². The maximum Gasteiger partial charge on any atom is 0.273 e. The van der Waals surface area contributed by atoms with E-state index >= 15 is 0 Å². The quantitative estimate of drug-likeness (QED) is 0.545. The third-order valence-corrected chi connectivity index (χ3v) is 4.31. The van der Waals surface area contributed by atoms with Crippen LogP contribution in [-0.2, 0) is 0 Å². The number of nitrogens with zero attached hydrogens (tertiary/aromatic N) is 2. The maximum absolute atomic E-state index is 12.5. The molecule has 4 nitrogen and oxygen atoms in total. The molecule has 3 aromatic rings. The Kier molecular flexibility index (Phi) is 5.00. The molecule has 0 spiro atoms. The lowest BCUT2D eigenvalue weighted by molar-refractivity contribution is 0.0954. The summed E-state index contributed by atoms with van der Waals surface area (Å²) in [5, 5.41) is 4.60. The normalized spacial score (nSPS) is 11.0. The molecule has 5 heteroatoms. The van der Waals surface area contributed by atoms with Crippen LogP contribution in [0.15, 0.2) is 65.8 Å². The van der Waals surface area contributed by atoms with Gasteiger partial charge in [0, 0.05) is 27.7 Å². The zero-order valence-electron chi connectivity index (χ0n) is 14.0. The number of amides is 1. The number of hydrazone groups is 1. The number of carbonyl (C=O) groups excluding carboxylic acids is 1. The van der Waals surface area contributed by atoms with Crippen molar-refractivity contribution >= 4 is 23.7 Å². The first-order chi connectivity index (χ1) is 12.1. The van der Waals surface area contributed by atoms with Crippen LogP contribution in [0, 0.1) is 13.8 Å². The third kappa shape index (κ3) is 3.64. The van der Waals surface area contributed by atoms with E-state index in [2.05, 4.69) is 10.5 Å². The van der Waals surface area contributed by atoms with Crippen molar-refractivity contribution in [3.63, 3.8) is 0 Å². The molecule has 0 aliphatic heterocycles. The van der Waals surface area contributed by atoms with Gasteiger partial charge in [-0.2, -0.15) is 5.10 Å². The van der Waals surface area contributed by atoms with Crippen molar-refractivity contribution in [1.82, 2.24) is 9.99 Å². The molecule has 0 atom stereocenters. The summed E-state index contributed by atoms with van der Waals surface area (Å²) in [6, 6.07) is 19.1. The molecule has 0 radical (unpaired) electrons. The van der Waals surface area contributed by atoms with Crippen LogP contribution in [0.4, 0.5) is 0 Å². The molecule has 0 saturated carbocycles. The topological polar surface area (TPSA) is 46.4 Å². The van der Waals surface area contributed by atoms with Gasteiger partial charge in [-0.15, -0.1) is 0 Å². The van der Waals surface area contributed by atoms with Gasteiger partial charge < -0.3 is 4.57 Å². The molecule has 126 valence electrons. The summed E-state index contributed by atoms with van der Waals surface area (Å²) in [4.78, 5) is 12.5. The highest BCUT2D eigenvalue weighted by atomic mass is 35.5. The van der Waals surface area contributed by atoms with E-state index in [1.54, 1.807) is 6.07 Å². The minimum Gasteiger partial charge on any atom is -0.318 e. The summed E-state index contributed by atoms with van der Waals surface area (Å²) < 4.78 is 2.05. The molecule has 0 aliphatic rings. The average Bonchev–Trinajstić information content (AvgIpc) is 2.92. The number of hydrogen-bond acceptors (Lipinski definition) is 2.